The van der Waals surface area contributed by atoms with Crippen molar-refractivity contribution in [2.24, 2.45) is 0 Å². The van der Waals surface area contributed by atoms with Gasteiger partial charge >= 0.3 is 6.03 Å². The molecule has 0 atom stereocenters. The van der Waals surface area contributed by atoms with Crippen molar-refractivity contribution < 1.29 is 22.7 Å². The van der Waals surface area contributed by atoms with E-state index in [1.54, 1.807) is 38.2 Å². The second-order valence-electron chi connectivity index (χ2n) is 7.82. The van der Waals surface area contributed by atoms with E-state index >= 15 is 0 Å². The maximum Gasteiger partial charge on any atom is 0.317 e. The first kappa shape index (κ1) is 23.9. The van der Waals surface area contributed by atoms with Crippen molar-refractivity contribution in [1.82, 2.24) is 14.5 Å². The van der Waals surface area contributed by atoms with Gasteiger partial charge in [-0.1, -0.05) is 23.8 Å². The lowest BCUT2D eigenvalue weighted by molar-refractivity contribution is 0.172. The lowest BCUT2D eigenvalue weighted by atomic mass is 10.1. The molecule has 0 spiro atoms. The third kappa shape index (κ3) is 5.34. The molecule has 1 aliphatic heterocycles. The number of hydrogen-bond acceptors (Lipinski definition) is 5. The van der Waals surface area contributed by atoms with E-state index in [0.29, 0.717) is 42.4 Å². The molecule has 0 saturated carbocycles. The molecular weight excluding hydrogens is 430 g/mol. The highest BCUT2D eigenvalue weighted by Gasteiger charge is 2.31. The molecule has 1 aliphatic rings. The smallest absolute Gasteiger partial charge is 0.317 e. The van der Waals surface area contributed by atoms with E-state index in [0.717, 1.165) is 16.7 Å². The number of hydrogen-bond donors (Lipinski definition) is 1. The summed E-state index contributed by atoms with van der Waals surface area (Å²) in [6.45, 7) is 5.43. The predicted octanol–water partition coefficient (Wildman–Crippen LogP) is 2.58. The van der Waals surface area contributed by atoms with E-state index in [4.69, 9.17) is 9.47 Å². The summed E-state index contributed by atoms with van der Waals surface area (Å²) in [5.41, 5.74) is 2.73. The molecule has 3 rings (SSSR count). The number of carbonyl (C=O) groups is 1. The van der Waals surface area contributed by atoms with Gasteiger partial charge in [-0.05, 0) is 43.5 Å². The molecule has 2 aromatic carbocycles. The van der Waals surface area contributed by atoms with E-state index in [2.05, 4.69) is 5.32 Å². The van der Waals surface area contributed by atoms with Crippen LogP contribution in [0.1, 0.15) is 16.7 Å². The molecule has 1 heterocycles. The van der Waals surface area contributed by atoms with Gasteiger partial charge in [0.2, 0.25) is 10.0 Å². The summed E-state index contributed by atoms with van der Waals surface area (Å²) in [6.07, 6.45) is 0.611. The Bertz CT molecular complexity index is 1060. The highest BCUT2D eigenvalue weighted by Crippen LogP contribution is 2.25. The number of nitrogens with one attached hydrogen (secondary N) is 1. The number of sulfonamides is 1. The molecule has 1 fully saturated rings. The van der Waals surface area contributed by atoms with Crippen LogP contribution in [0.3, 0.4) is 0 Å². The Hall–Kier alpha value is -2.78. The van der Waals surface area contributed by atoms with E-state index in [1.165, 1.54) is 4.31 Å². The zero-order chi connectivity index (χ0) is 23.3. The first-order chi connectivity index (χ1) is 15.3. The van der Waals surface area contributed by atoms with Crippen molar-refractivity contribution in [3.05, 3.63) is 53.1 Å². The summed E-state index contributed by atoms with van der Waals surface area (Å²) in [5, 5.41) is 2.91. The molecule has 0 unspecified atom stereocenters. The maximum absolute atomic E-state index is 13.0. The van der Waals surface area contributed by atoms with Gasteiger partial charge in [-0.25, -0.2) is 13.2 Å². The number of nitrogens with zero attached hydrogens (tertiary/aromatic N) is 2. The van der Waals surface area contributed by atoms with Crippen molar-refractivity contribution >= 4 is 16.1 Å². The van der Waals surface area contributed by atoms with Crippen LogP contribution in [0.25, 0.3) is 0 Å². The highest BCUT2D eigenvalue weighted by molar-refractivity contribution is 7.89. The van der Waals surface area contributed by atoms with Crippen LogP contribution < -0.4 is 14.8 Å². The number of rotatable bonds is 7. The van der Waals surface area contributed by atoms with Gasteiger partial charge in [0.15, 0.2) is 0 Å². The summed E-state index contributed by atoms with van der Waals surface area (Å²) in [6, 6.07) is 10.7. The number of ether oxygens (including phenoxy) is 2. The fourth-order valence-electron chi connectivity index (χ4n) is 3.83. The molecule has 2 amide bonds. The van der Waals surface area contributed by atoms with Gasteiger partial charge in [-0.2, -0.15) is 4.31 Å². The lowest BCUT2D eigenvalue weighted by Crippen LogP contribution is -2.53. The summed E-state index contributed by atoms with van der Waals surface area (Å²) in [5.74, 6) is 1.42. The first-order valence-corrected chi connectivity index (χ1v) is 12.0. The van der Waals surface area contributed by atoms with Crippen LogP contribution in [0.2, 0.25) is 0 Å². The monoisotopic (exact) mass is 461 g/mol. The van der Waals surface area contributed by atoms with E-state index in [9.17, 15) is 13.2 Å². The van der Waals surface area contributed by atoms with Crippen LogP contribution in [-0.4, -0.2) is 70.6 Å². The molecule has 174 valence electrons. The summed E-state index contributed by atoms with van der Waals surface area (Å²) >= 11 is 0. The SMILES string of the molecule is COc1ccc(CCNC(=O)N2CCN(S(=O)(=O)c3ccc(C)cc3C)CC2)c(OC)c1. The average molecular weight is 462 g/mol. The van der Waals surface area contributed by atoms with E-state index in [1.807, 2.05) is 31.2 Å². The molecule has 0 bridgehead atoms. The number of piperazine rings is 1. The molecule has 0 aliphatic carbocycles. The zero-order valence-electron chi connectivity index (χ0n) is 19.1. The van der Waals surface area contributed by atoms with Crippen molar-refractivity contribution in [3.8, 4) is 11.5 Å². The van der Waals surface area contributed by atoms with Crippen LogP contribution in [-0.2, 0) is 16.4 Å². The van der Waals surface area contributed by atoms with Gasteiger partial charge < -0.3 is 19.7 Å². The van der Waals surface area contributed by atoms with Crippen molar-refractivity contribution in [3.63, 3.8) is 0 Å². The van der Waals surface area contributed by atoms with Gasteiger partial charge in [0.1, 0.15) is 11.5 Å². The topological polar surface area (TPSA) is 88.2 Å². The number of aryl methyl sites for hydroxylation is 2. The van der Waals surface area contributed by atoms with Gasteiger partial charge in [-0.3, -0.25) is 0 Å². The molecule has 1 N–H and O–H groups in total. The Kier molecular flexibility index (Phi) is 7.63. The number of urea groups is 1. The second kappa shape index (κ2) is 10.2. The fourth-order valence-corrected chi connectivity index (χ4v) is 5.46. The number of benzene rings is 2. The van der Waals surface area contributed by atoms with Gasteiger partial charge in [0.25, 0.3) is 0 Å². The predicted molar refractivity (Wildman–Crippen MR) is 123 cm³/mol. The zero-order valence-corrected chi connectivity index (χ0v) is 19.9. The molecule has 0 aromatic heterocycles. The Labute approximate surface area is 190 Å². The quantitative estimate of drug-likeness (QED) is 0.685. The van der Waals surface area contributed by atoms with Crippen molar-refractivity contribution in [2.75, 3.05) is 46.9 Å². The number of carbonyl (C=O) groups excluding carboxylic acids is 1. The highest BCUT2D eigenvalue weighted by atomic mass is 32.2. The van der Waals surface area contributed by atoms with Gasteiger partial charge in [0.05, 0.1) is 19.1 Å². The molecular formula is C23H31N3O5S. The van der Waals surface area contributed by atoms with Crippen LogP contribution >= 0.6 is 0 Å². The van der Waals surface area contributed by atoms with Crippen molar-refractivity contribution in [1.29, 1.82) is 0 Å². The second-order valence-corrected chi connectivity index (χ2v) is 9.73. The third-order valence-electron chi connectivity index (χ3n) is 5.64. The lowest BCUT2D eigenvalue weighted by Gasteiger charge is -2.34. The Morgan fingerprint density at radius 2 is 1.72 bits per heavy atom. The van der Waals surface area contributed by atoms with Crippen LogP contribution in [0.4, 0.5) is 4.79 Å². The number of amides is 2. The Morgan fingerprint density at radius 3 is 2.34 bits per heavy atom. The average Bonchev–Trinajstić information content (AvgIpc) is 2.79. The van der Waals surface area contributed by atoms with Crippen molar-refractivity contribution in [2.45, 2.75) is 25.2 Å². The van der Waals surface area contributed by atoms with E-state index in [-0.39, 0.29) is 19.1 Å². The fraction of sp³-hybridized carbons (Fsp3) is 0.435. The number of methoxy groups -OCH3 is 2. The molecule has 1 saturated heterocycles. The maximum atomic E-state index is 13.0. The minimum atomic E-state index is -3.57. The first-order valence-electron chi connectivity index (χ1n) is 10.6. The Balaban J connectivity index is 1.52. The summed E-state index contributed by atoms with van der Waals surface area (Å²) in [4.78, 5) is 14.5. The van der Waals surface area contributed by atoms with Gasteiger partial charge in [0, 0.05) is 38.8 Å². The Morgan fingerprint density at radius 1 is 1.00 bits per heavy atom. The summed E-state index contributed by atoms with van der Waals surface area (Å²) in [7, 11) is -0.376. The third-order valence-corrected chi connectivity index (χ3v) is 7.70. The van der Waals surface area contributed by atoms with E-state index < -0.39 is 10.0 Å². The molecule has 8 nitrogen and oxygen atoms in total. The molecule has 2 aromatic rings. The van der Waals surface area contributed by atoms with Crippen LogP contribution in [0.5, 0.6) is 11.5 Å². The molecule has 0 radical (unpaired) electrons. The van der Waals surface area contributed by atoms with Gasteiger partial charge in [-0.15, -0.1) is 0 Å². The molecule has 9 heteroatoms. The summed E-state index contributed by atoms with van der Waals surface area (Å²) < 4.78 is 38.1. The van der Waals surface area contributed by atoms with Crippen LogP contribution in [0.15, 0.2) is 41.3 Å². The van der Waals surface area contributed by atoms with Crippen LogP contribution in [0, 0.1) is 13.8 Å². The molecule has 32 heavy (non-hydrogen) atoms. The normalized spacial score (nSPS) is 14.8. The largest absolute Gasteiger partial charge is 0.497 e. The standard InChI is InChI=1S/C23H31N3O5S/c1-17-5-8-22(18(2)15-17)32(28,29)26-13-11-25(12-14-26)23(27)24-10-9-19-6-7-20(30-3)16-21(19)31-4/h5-8,15-16H,9-14H2,1-4H3,(H,24,27). The minimum absolute atomic E-state index is 0.193. The minimum Gasteiger partial charge on any atom is -0.497 e.